The normalized spacial score (nSPS) is 16.1. The van der Waals surface area contributed by atoms with Crippen LogP contribution in [0.5, 0.6) is 0 Å². The van der Waals surface area contributed by atoms with Crippen LogP contribution in [-0.2, 0) is 11.0 Å². The molecule has 1 atom stereocenters. The van der Waals surface area contributed by atoms with Crippen LogP contribution in [0.4, 0.5) is 43.9 Å². The Bertz CT molecular complexity index is 1300. The van der Waals surface area contributed by atoms with Crippen LogP contribution in [0.15, 0.2) is 36.4 Å². The predicted octanol–water partition coefficient (Wildman–Crippen LogP) is 6.76. The molecule has 2 aromatic carbocycles. The van der Waals surface area contributed by atoms with E-state index in [4.69, 9.17) is 0 Å². The molecule has 1 unspecified atom stereocenters. The maximum absolute atomic E-state index is 13.9. The minimum absolute atomic E-state index is 0.0482. The summed E-state index contributed by atoms with van der Waals surface area (Å²) in [6.07, 6.45) is -13.6. The topological polar surface area (TPSA) is 58.2 Å². The number of hydrogen-bond acceptors (Lipinski definition) is 2. The van der Waals surface area contributed by atoms with Gasteiger partial charge in [-0.3, -0.25) is 9.59 Å². The van der Waals surface area contributed by atoms with Crippen LogP contribution in [0.1, 0.15) is 56.9 Å². The molecule has 0 saturated heterocycles. The van der Waals surface area contributed by atoms with Crippen LogP contribution < -0.4 is 10.6 Å². The Morgan fingerprint density at radius 2 is 1.52 bits per heavy atom. The molecule has 2 aromatic rings. The maximum Gasteiger partial charge on any atom is 0.417 e. The second-order valence-electron chi connectivity index (χ2n) is 9.48. The van der Waals surface area contributed by atoms with Crippen LogP contribution >= 0.6 is 0 Å². The van der Waals surface area contributed by atoms with Gasteiger partial charge in [-0.2, -0.15) is 39.5 Å². The average Bonchev–Trinajstić information content (AvgIpc) is 3.59. The van der Waals surface area contributed by atoms with Crippen molar-refractivity contribution in [1.29, 1.82) is 0 Å². The molecule has 2 N–H and O–H groups in total. The lowest BCUT2D eigenvalue weighted by atomic mass is 9.93. The number of aryl methyl sites for hydroxylation is 2. The summed E-state index contributed by atoms with van der Waals surface area (Å²) >= 11 is 0. The molecule has 1 fully saturated rings. The highest BCUT2D eigenvalue weighted by Gasteiger charge is 2.52. The van der Waals surface area contributed by atoms with E-state index >= 15 is 0 Å². The lowest BCUT2D eigenvalue weighted by molar-refractivity contribution is -0.140. The number of alkyl halides is 9. The summed E-state index contributed by atoms with van der Waals surface area (Å²) in [6, 6.07) is 4.04. The molecule has 0 bridgehead atoms. The highest BCUT2D eigenvalue weighted by Crippen LogP contribution is 2.40. The van der Waals surface area contributed by atoms with Gasteiger partial charge in [0, 0.05) is 0 Å². The SMILES string of the molecule is Cc1cc(C(C=Cc2ccc(C(=O)NC3(C(=O)NCC(F)(F)F)CC3)c(C(F)(F)F)c2)C(F)(F)F)cc(C)c1F. The zero-order chi connectivity index (χ0) is 30.3. The maximum atomic E-state index is 13.9. The standard InChI is InChI=1S/C26H22F10N2O2/c1-13-9-16(10-14(2)20(13)27)18(25(31,32)33)6-4-15-3-5-17(19(11-15)26(34,35)36)21(39)38-23(7-8-23)22(40)37-12-24(28,29)30/h3-6,9-11,18H,7-8,12H2,1-2H3,(H,37,40)(H,38,39). The van der Waals surface area contributed by atoms with E-state index in [1.165, 1.54) is 13.8 Å². The van der Waals surface area contributed by atoms with Crippen LogP contribution in [0.25, 0.3) is 6.08 Å². The molecule has 4 nitrogen and oxygen atoms in total. The molecule has 1 saturated carbocycles. The number of amides is 2. The Labute approximate surface area is 221 Å². The number of nitrogens with one attached hydrogen (secondary N) is 2. The van der Waals surface area contributed by atoms with E-state index in [1.807, 2.05) is 5.32 Å². The van der Waals surface area contributed by atoms with Crippen LogP contribution in [0.2, 0.25) is 0 Å². The molecule has 3 rings (SSSR count). The number of halogens is 10. The third kappa shape index (κ3) is 7.33. The molecule has 0 radical (unpaired) electrons. The van der Waals surface area contributed by atoms with E-state index in [-0.39, 0.29) is 35.1 Å². The lowest BCUT2D eigenvalue weighted by Gasteiger charge is -2.20. The third-order valence-corrected chi connectivity index (χ3v) is 6.23. The molecule has 1 aliphatic rings. The van der Waals surface area contributed by atoms with Crippen LogP contribution in [0.3, 0.4) is 0 Å². The van der Waals surface area contributed by atoms with Gasteiger partial charge in [-0.15, -0.1) is 0 Å². The Balaban J connectivity index is 1.90. The fourth-order valence-electron chi connectivity index (χ4n) is 4.04. The molecule has 1 aliphatic carbocycles. The van der Waals surface area contributed by atoms with Crippen molar-refractivity contribution in [2.75, 3.05) is 6.54 Å². The summed E-state index contributed by atoms with van der Waals surface area (Å²) in [5.74, 6) is -5.58. The minimum Gasteiger partial charge on any atom is -0.345 e. The Hall–Kier alpha value is -3.58. The quantitative estimate of drug-likeness (QED) is 0.354. The monoisotopic (exact) mass is 584 g/mol. The minimum atomic E-state index is -5.15. The molecule has 0 heterocycles. The van der Waals surface area contributed by atoms with Crippen molar-refractivity contribution in [3.05, 3.63) is 75.6 Å². The van der Waals surface area contributed by atoms with Crippen LogP contribution in [-0.4, -0.2) is 36.3 Å². The summed E-state index contributed by atoms with van der Waals surface area (Å²) in [5, 5.41) is 3.62. The van der Waals surface area contributed by atoms with Gasteiger partial charge in [-0.1, -0.05) is 30.4 Å². The van der Waals surface area contributed by atoms with E-state index < -0.39 is 65.3 Å². The van der Waals surface area contributed by atoms with Gasteiger partial charge in [0.25, 0.3) is 5.91 Å². The van der Waals surface area contributed by atoms with E-state index in [0.717, 1.165) is 24.3 Å². The van der Waals surface area contributed by atoms with Gasteiger partial charge in [0.2, 0.25) is 5.91 Å². The summed E-state index contributed by atoms with van der Waals surface area (Å²) in [6.45, 7) is 0.844. The molecule has 40 heavy (non-hydrogen) atoms. The molecule has 2 amide bonds. The van der Waals surface area contributed by atoms with Gasteiger partial charge in [0.15, 0.2) is 0 Å². The summed E-state index contributed by atoms with van der Waals surface area (Å²) < 4.78 is 134. The van der Waals surface area contributed by atoms with Crippen molar-refractivity contribution in [2.24, 2.45) is 0 Å². The largest absolute Gasteiger partial charge is 0.417 e. The number of carbonyl (C=O) groups excluding carboxylic acids is 2. The lowest BCUT2D eigenvalue weighted by Crippen LogP contribution is -2.51. The van der Waals surface area contributed by atoms with Gasteiger partial charge < -0.3 is 10.6 Å². The molecule has 218 valence electrons. The zero-order valence-electron chi connectivity index (χ0n) is 20.8. The van der Waals surface area contributed by atoms with E-state index in [1.54, 1.807) is 5.32 Å². The zero-order valence-corrected chi connectivity index (χ0v) is 20.8. The third-order valence-electron chi connectivity index (χ3n) is 6.23. The van der Waals surface area contributed by atoms with Crippen molar-refractivity contribution in [3.8, 4) is 0 Å². The first-order chi connectivity index (χ1) is 18.2. The molecule has 0 aliphatic heterocycles. The van der Waals surface area contributed by atoms with Crippen molar-refractivity contribution in [3.63, 3.8) is 0 Å². The van der Waals surface area contributed by atoms with Gasteiger partial charge >= 0.3 is 18.5 Å². The van der Waals surface area contributed by atoms with Gasteiger partial charge in [0.1, 0.15) is 17.9 Å². The Morgan fingerprint density at radius 3 is 2.00 bits per heavy atom. The van der Waals surface area contributed by atoms with E-state index in [2.05, 4.69) is 0 Å². The van der Waals surface area contributed by atoms with Crippen molar-refractivity contribution in [2.45, 2.75) is 56.7 Å². The number of benzene rings is 2. The fourth-order valence-corrected chi connectivity index (χ4v) is 4.04. The molecule has 14 heteroatoms. The average molecular weight is 584 g/mol. The van der Waals surface area contributed by atoms with Gasteiger partial charge in [-0.25, -0.2) is 4.39 Å². The van der Waals surface area contributed by atoms with Crippen molar-refractivity contribution < 1.29 is 53.5 Å². The summed E-state index contributed by atoms with van der Waals surface area (Å²) in [7, 11) is 0. The first kappa shape index (κ1) is 31.0. The molecule has 0 aromatic heterocycles. The second-order valence-corrected chi connectivity index (χ2v) is 9.48. The number of carbonyl (C=O) groups is 2. The number of rotatable bonds is 7. The van der Waals surface area contributed by atoms with Gasteiger partial charge in [0.05, 0.1) is 17.0 Å². The van der Waals surface area contributed by atoms with E-state index in [0.29, 0.717) is 18.2 Å². The highest BCUT2D eigenvalue weighted by molar-refractivity contribution is 6.01. The van der Waals surface area contributed by atoms with Gasteiger partial charge in [-0.05, 0) is 61.1 Å². The first-order valence-corrected chi connectivity index (χ1v) is 11.6. The molecular weight excluding hydrogens is 562 g/mol. The smallest absolute Gasteiger partial charge is 0.345 e. The molecule has 0 spiro atoms. The summed E-state index contributed by atoms with van der Waals surface area (Å²) in [4.78, 5) is 24.8. The van der Waals surface area contributed by atoms with Crippen LogP contribution in [0, 0.1) is 19.7 Å². The summed E-state index contributed by atoms with van der Waals surface area (Å²) in [5.41, 5.74) is -5.09. The molecular formula is C26H22F10N2O2. The van der Waals surface area contributed by atoms with E-state index in [9.17, 15) is 53.5 Å². The van der Waals surface area contributed by atoms with Crippen molar-refractivity contribution >= 4 is 17.9 Å². The Kier molecular flexibility index (Phi) is 8.33. The first-order valence-electron chi connectivity index (χ1n) is 11.6. The van der Waals surface area contributed by atoms with Crippen molar-refractivity contribution in [1.82, 2.24) is 10.6 Å². The Morgan fingerprint density at radius 1 is 0.950 bits per heavy atom. The number of allylic oxidation sites excluding steroid dienone is 1. The number of hydrogen-bond donors (Lipinski definition) is 2. The second kappa shape index (κ2) is 10.8. The fraction of sp³-hybridized carbons (Fsp3) is 0.385. The highest BCUT2D eigenvalue weighted by atomic mass is 19.4. The predicted molar refractivity (Wildman–Crippen MR) is 124 cm³/mol.